The van der Waals surface area contributed by atoms with Crippen LogP contribution in [0.1, 0.15) is 0 Å². The van der Waals surface area contributed by atoms with E-state index >= 15 is 0 Å². The first-order chi connectivity index (χ1) is 17.3. The monoisotopic (exact) mass is 469 g/mol. The predicted molar refractivity (Wildman–Crippen MR) is 145 cm³/mol. The number of thiazole rings is 1. The summed E-state index contributed by atoms with van der Waals surface area (Å²) in [5, 5.41) is 3.31. The van der Waals surface area contributed by atoms with Crippen LogP contribution < -0.4 is 4.90 Å². The predicted octanol–water partition coefficient (Wildman–Crippen LogP) is 8.73. The molecule has 0 saturated heterocycles. The number of benzene rings is 5. The molecule has 0 unspecified atom stereocenters. The molecule has 0 bridgehead atoms. The van der Waals surface area contributed by atoms with Crippen molar-refractivity contribution in [3.8, 4) is 10.6 Å². The minimum Gasteiger partial charge on any atom is -0.423 e. The van der Waals surface area contributed by atoms with E-state index in [1.54, 1.807) is 11.3 Å². The zero-order chi connectivity index (χ0) is 23.2. The highest BCUT2D eigenvalue weighted by Crippen LogP contribution is 2.40. The summed E-state index contributed by atoms with van der Waals surface area (Å²) in [5.74, 6) is 0. The average molecular weight is 470 g/mol. The van der Waals surface area contributed by atoms with E-state index in [1.807, 2.05) is 30.3 Å². The first kappa shape index (κ1) is 19.9. The molecule has 0 N–H and O–H groups in total. The second-order valence-electron chi connectivity index (χ2n) is 8.33. The maximum absolute atomic E-state index is 6.25. The number of anilines is 3. The molecule has 4 nitrogen and oxygen atoms in total. The quantitative estimate of drug-likeness (QED) is 0.258. The number of hydrogen-bond acceptors (Lipinski definition) is 5. The number of rotatable bonds is 4. The number of aromatic nitrogens is 2. The molecule has 5 aromatic carbocycles. The summed E-state index contributed by atoms with van der Waals surface area (Å²) in [6, 6.07) is 39.8. The van der Waals surface area contributed by atoms with Crippen molar-refractivity contribution in [3.05, 3.63) is 115 Å². The second kappa shape index (κ2) is 8.08. The molecule has 0 amide bonds. The zero-order valence-electron chi connectivity index (χ0n) is 18.6. The molecule has 7 rings (SSSR count). The summed E-state index contributed by atoms with van der Waals surface area (Å²) in [4.78, 5) is 11.7. The van der Waals surface area contributed by atoms with Gasteiger partial charge < -0.3 is 4.42 Å². The van der Waals surface area contributed by atoms with E-state index in [2.05, 4.69) is 89.8 Å². The second-order valence-corrected chi connectivity index (χ2v) is 9.36. The Hall–Kier alpha value is -4.48. The van der Waals surface area contributed by atoms with Crippen molar-refractivity contribution in [2.24, 2.45) is 0 Å². The Kier molecular flexibility index (Phi) is 4.60. The highest BCUT2D eigenvalue weighted by molar-refractivity contribution is 7.21. The largest absolute Gasteiger partial charge is 0.423 e. The van der Waals surface area contributed by atoms with Gasteiger partial charge in [-0.1, -0.05) is 60.7 Å². The Morgan fingerprint density at radius 3 is 2.23 bits per heavy atom. The molecule has 0 spiro atoms. The van der Waals surface area contributed by atoms with Gasteiger partial charge in [-0.05, 0) is 60.0 Å². The van der Waals surface area contributed by atoms with Crippen LogP contribution in [0.15, 0.2) is 120 Å². The van der Waals surface area contributed by atoms with Gasteiger partial charge in [-0.15, -0.1) is 11.3 Å². The summed E-state index contributed by atoms with van der Waals surface area (Å²) >= 11 is 1.71. The molecule has 35 heavy (non-hydrogen) atoms. The molecule has 2 aromatic heterocycles. The van der Waals surface area contributed by atoms with E-state index in [9.17, 15) is 0 Å². The molecular formula is C30H19N3OS. The number of hydrogen-bond donors (Lipinski definition) is 0. The van der Waals surface area contributed by atoms with E-state index in [0.717, 1.165) is 49.3 Å². The van der Waals surface area contributed by atoms with E-state index in [1.165, 1.54) is 4.70 Å². The van der Waals surface area contributed by atoms with Gasteiger partial charge in [0.2, 0.25) is 0 Å². The molecule has 0 aliphatic heterocycles. The summed E-state index contributed by atoms with van der Waals surface area (Å²) in [7, 11) is 0. The van der Waals surface area contributed by atoms with Crippen LogP contribution >= 0.6 is 11.3 Å². The molecular weight excluding hydrogens is 450 g/mol. The molecule has 7 aromatic rings. The third-order valence-electron chi connectivity index (χ3n) is 6.15. The van der Waals surface area contributed by atoms with Crippen molar-refractivity contribution in [2.75, 3.05) is 4.90 Å². The van der Waals surface area contributed by atoms with Crippen molar-refractivity contribution in [3.63, 3.8) is 0 Å². The fourth-order valence-electron chi connectivity index (χ4n) is 4.46. The normalized spacial score (nSPS) is 11.4. The van der Waals surface area contributed by atoms with Gasteiger partial charge in [0, 0.05) is 10.9 Å². The van der Waals surface area contributed by atoms with Gasteiger partial charge in [0.15, 0.2) is 5.58 Å². The van der Waals surface area contributed by atoms with Crippen molar-refractivity contribution in [1.29, 1.82) is 0 Å². The molecule has 0 aliphatic carbocycles. The van der Waals surface area contributed by atoms with Gasteiger partial charge in [-0.2, -0.15) is 4.98 Å². The lowest BCUT2D eigenvalue weighted by atomic mass is 10.1. The molecule has 2 heterocycles. The third-order valence-corrected chi connectivity index (χ3v) is 7.23. The van der Waals surface area contributed by atoms with E-state index < -0.39 is 0 Å². The molecule has 5 heteroatoms. The third kappa shape index (κ3) is 3.45. The molecule has 0 saturated carbocycles. The lowest BCUT2D eigenvalue weighted by Gasteiger charge is -2.23. The Balaban J connectivity index is 1.38. The van der Waals surface area contributed by atoms with Crippen molar-refractivity contribution in [2.45, 2.75) is 0 Å². The van der Waals surface area contributed by atoms with Crippen LogP contribution in [0.4, 0.5) is 17.4 Å². The highest BCUT2D eigenvalue weighted by Gasteiger charge is 2.21. The number of fused-ring (bicyclic) bond motifs is 3. The smallest absolute Gasteiger partial charge is 0.307 e. The Labute approximate surface area is 205 Å². The van der Waals surface area contributed by atoms with Gasteiger partial charge in [-0.25, -0.2) is 4.98 Å². The van der Waals surface area contributed by atoms with Crippen LogP contribution in [0.2, 0.25) is 0 Å². The maximum atomic E-state index is 6.25. The fourth-order valence-corrected chi connectivity index (χ4v) is 5.43. The average Bonchev–Trinajstić information content (AvgIpc) is 3.54. The van der Waals surface area contributed by atoms with Gasteiger partial charge in [0.1, 0.15) is 10.5 Å². The highest BCUT2D eigenvalue weighted by atomic mass is 32.1. The van der Waals surface area contributed by atoms with Crippen LogP contribution in [0.3, 0.4) is 0 Å². The molecule has 0 radical (unpaired) electrons. The van der Waals surface area contributed by atoms with Crippen LogP contribution in [-0.2, 0) is 0 Å². The van der Waals surface area contributed by atoms with Crippen LogP contribution in [-0.4, -0.2) is 9.97 Å². The number of nitrogens with zero attached hydrogens (tertiary/aromatic N) is 3. The van der Waals surface area contributed by atoms with Crippen LogP contribution in [0.5, 0.6) is 0 Å². The lowest BCUT2D eigenvalue weighted by molar-refractivity contribution is 0.608. The number of para-hydroxylation sites is 3. The summed E-state index contributed by atoms with van der Waals surface area (Å²) in [6.45, 7) is 0. The molecule has 0 atom stereocenters. The molecule has 0 fully saturated rings. The van der Waals surface area contributed by atoms with Gasteiger partial charge in [0.25, 0.3) is 0 Å². The van der Waals surface area contributed by atoms with E-state index in [-0.39, 0.29) is 0 Å². The Bertz CT molecular complexity index is 1750. The Morgan fingerprint density at radius 2 is 1.37 bits per heavy atom. The van der Waals surface area contributed by atoms with E-state index in [4.69, 9.17) is 14.4 Å². The zero-order valence-corrected chi connectivity index (χ0v) is 19.4. The number of oxazole rings is 1. The van der Waals surface area contributed by atoms with Crippen molar-refractivity contribution in [1.82, 2.24) is 9.97 Å². The van der Waals surface area contributed by atoms with Gasteiger partial charge in [-0.3, -0.25) is 4.90 Å². The summed E-state index contributed by atoms with van der Waals surface area (Å²) in [6.07, 6.45) is 0. The first-order valence-electron chi connectivity index (χ1n) is 11.4. The first-order valence-corrected chi connectivity index (χ1v) is 12.2. The molecule has 0 aliphatic rings. The van der Waals surface area contributed by atoms with Gasteiger partial charge >= 0.3 is 6.01 Å². The van der Waals surface area contributed by atoms with Crippen LogP contribution in [0, 0.1) is 0 Å². The summed E-state index contributed by atoms with van der Waals surface area (Å²) < 4.78 is 7.44. The maximum Gasteiger partial charge on any atom is 0.307 e. The molecule has 166 valence electrons. The summed E-state index contributed by atoms with van der Waals surface area (Å²) in [5.41, 5.74) is 5.70. The minimum absolute atomic E-state index is 0.537. The lowest BCUT2D eigenvalue weighted by Crippen LogP contribution is -2.10. The fraction of sp³-hybridized carbons (Fsp3) is 0. The van der Waals surface area contributed by atoms with E-state index in [0.29, 0.717) is 6.01 Å². The topological polar surface area (TPSA) is 42.2 Å². The van der Waals surface area contributed by atoms with Crippen molar-refractivity contribution >= 4 is 60.8 Å². The Morgan fingerprint density at radius 1 is 0.629 bits per heavy atom. The standard InChI is InChI=1S/C30H19N3OS/c1-2-10-23-20(8-1)9-7-13-26(23)33(30-32-24-11-3-5-14-27(24)34-30)22-18-16-21(17-19-22)29-31-25-12-4-6-15-28(25)35-29/h1-19H. The van der Waals surface area contributed by atoms with Crippen LogP contribution in [0.25, 0.3) is 42.7 Å². The minimum atomic E-state index is 0.537. The van der Waals surface area contributed by atoms with Crippen molar-refractivity contribution < 1.29 is 4.42 Å². The van der Waals surface area contributed by atoms with Gasteiger partial charge in [0.05, 0.1) is 21.6 Å². The SMILES string of the molecule is c1ccc2c(N(c3ccc(-c4nc5ccccc5s4)cc3)c3nc4ccccc4o3)cccc2c1.